The molecule has 0 aliphatic carbocycles. The molecule has 0 fully saturated rings. The Hall–Kier alpha value is -2.23. The second-order valence-corrected chi connectivity index (χ2v) is 3.51. The van der Waals surface area contributed by atoms with Gasteiger partial charge in [0.15, 0.2) is 0 Å². The minimum Gasteiger partial charge on any atom is -0.497 e. The molecular weight excluding hydrogens is 204 g/mol. The zero-order valence-electron chi connectivity index (χ0n) is 8.60. The van der Waals surface area contributed by atoms with Crippen LogP contribution in [0.4, 0.5) is 5.69 Å². The number of dihydropyridines is 1. The van der Waals surface area contributed by atoms with E-state index in [1.54, 1.807) is 13.2 Å². The molecule has 16 heavy (non-hydrogen) atoms. The average Bonchev–Trinajstić information content (AvgIpc) is 2.68. The normalized spacial score (nSPS) is 16.4. The van der Waals surface area contributed by atoms with Crippen LogP contribution < -0.4 is 4.74 Å². The molecule has 4 nitrogen and oxygen atoms in total. The number of carbonyl (C=O) groups is 1. The number of ether oxygens (including phenoxy) is 1. The van der Waals surface area contributed by atoms with Crippen molar-refractivity contribution < 1.29 is 9.53 Å². The lowest BCUT2D eigenvalue weighted by Gasteiger charge is -2.04. The van der Waals surface area contributed by atoms with Crippen LogP contribution >= 0.6 is 0 Å². The average molecular weight is 212 g/mol. The molecule has 4 heteroatoms. The predicted octanol–water partition coefficient (Wildman–Crippen LogP) is 1.78. The van der Waals surface area contributed by atoms with E-state index in [4.69, 9.17) is 4.74 Å². The van der Waals surface area contributed by atoms with Crippen LogP contribution in [0.3, 0.4) is 0 Å². The quantitative estimate of drug-likeness (QED) is 0.712. The lowest BCUT2D eigenvalue weighted by atomic mass is 10.0. The van der Waals surface area contributed by atoms with Crippen LogP contribution in [0.15, 0.2) is 34.3 Å². The van der Waals surface area contributed by atoms with Gasteiger partial charge in [0.05, 0.1) is 12.8 Å². The largest absolute Gasteiger partial charge is 0.497 e. The molecule has 0 unspecified atom stereocenters. The Morgan fingerprint density at radius 3 is 3.00 bits per heavy atom. The number of methoxy groups -OCH3 is 1. The Bertz CT molecular complexity index is 583. The fourth-order valence-electron chi connectivity index (χ4n) is 1.84. The van der Waals surface area contributed by atoms with Crippen molar-refractivity contribution in [1.29, 1.82) is 0 Å². The molecule has 1 aromatic rings. The predicted molar refractivity (Wildman–Crippen MR) is 61.6 cm³/mol. The third kappa shape index (κ3) is 1.13. The van der Waals surface area contributed by atoms with Gasteiger partial charge in [0.25, 0.3) is 5.91 Å². The van der Waals surface area contributed by atoms with Gasteiger partial charge in [-0.25, -0.2) is 9.98 Å². The summed E-state index contributed by atoms with van der Waals surface area (Å²) >= 11 is 0. The van der Waals surface area contributed by atoms with Gasteiger partial charge in [0.1, 0.15) is 11.5 Å². The lowest BCUT2D eigenvalue weighted by molar-refractivity contribution is -0.111. The minimum absolute atomic E-state index is 0.285. The van der Waals surface area contributed by atoms with Crippen LogP contribution in [0.1, 0.15) is 5.56 Å². The summed E-state index contributed by atoms with van der Waals surface area (Å²) in [5.41, 5.74) is 2.98. The zero-order chi connectivity index (χ0) is 11.1. The summed E-state index contributed by atoms with van der Waals surface area (Å²) in [4.78, 5) is 19.5. The van der Waals surface area contributed by atoms with E-state index in [1.807, 2.05) is 18.2 Å². The van der Waals surface area contributed by atoms with E-state index < -0.39 is 0 Å². The van der Waals surface area contributed by atoms with Gasteiger partial charge in [-0.05, 0) is 18.2 Å². The molecular formula is C12H8N2O2. The minimum atomic E-state index is -0.285. The highest BCUT2D eigenvalue weighted by Gasteiger charge is 2.27. The number of hydrogen-bond acceptors (Lipinski definition) is 3. The molecule has 0 saturated heterocycles. The maximum atomic E-state index is 11.5. The van der Waals surface area contributed by atoms with Gasteiger partial charge < -0.3 is 4.74 Å². The van der Waals surface area contributed by atoms with Crippen molar-refractivity contribution >= 4 is 29.1 Å². The van der Waals surface area contributed by atoms with Crippen LogP contribution in [0.25, 0.3) is 5.57 Å². The number of carbonyl (C=O) groups excluding carboxylic acids is 1. The highest BCUT2D eigenvalue weighted by Crippen LogP contribution is 2.38. The fourth-order valence-corrected chi connectivity index (χ4v) is 1.84. The maximum absolute atomic E-state index is 11.5. The molecule has 2 aliphatic rings. The zero-order valence-corrected chi connectivity index (χ0v) is 8.60. The van der Waals surface area contributed by atoms with Crippen LogP contribution in [-0.2, 0) is 4.79 Å². The molecule has 0 atom stereocenters. The number of fused-ring (bicyclic) bond motifs is 3. The van der Waals surface area contributed by atoms with Crippen molar-refractivity contribution in [3.63, 3.8) is 0 Å². The van der Waals surface area contributed by atoms with E-state index >= 15 is 0 Å². The summed E-state index contributed by atoms with van der Waals surface area (Å²) in [6, 6.07) is 5.58. The monoisotopic (exact) mass is 212 g/mol. The second-order valence-electron chi connectivity index (χ2n) is 3.51. The van der Waals surface area contributed by atoms with Crippen molar-refractivity contribution in [3.8, 4) is 5.75 Å². The van der Waals surface area contributed by atoms with Gasteiger partial charge in [0.2, 0.25) is 0 Å². The van der Waals surface area contributed by atoms with Crippen LogP contribution in [-0.4, -0.2) is 24.9 Å². The van der Waals surface area contributed by atoms with Crippen LogP contribution in [0, 0.1) is 0 Å². The number of hydrogen-bond donors (Lipinski definition) is 0. The molecule has 0 N–H and O–H groups in total. The number of amides is 1. The highest BCUT2D eigenvalue weighted by atomic mass is 16.5. The first kappa shape index (κ1) is 9.03. The number of allylic oxidation sites excluding steroid dienone is 1. The van der Waals surface area contributed by atoms with E-state index in [0.717, 1.165) is 22.6 Å². The lowest BCUT2D eigenvalue weighted by Crippen LogP contribution is -2.13. The number of benzene rings is 1. The standard InChI is InChI=1S/C12H8N2O2/c1-16-7-2-3-8-9-4-5-13-12(15)11(9)14-10(8)6-7/h2-6H,1H3. The van der Waals surface area contributed by atoms with Crippen LogP contribution in [0.2, 0.25) is 0 Å². The highest BCUT2D eigenvalue weighted by molar-refractivity contribution is 6.60. The molecule has 1 amide bonds. The van der Waals surface area contributed by atoms with E-state index in [2.05, 4.69) is 9.98 Å². The Morgan fingerprint density at radius 1 is 1.31 bits per heavy atom. The molecule has 0 saturated carbocycles. The molecule has 78 valence electrons. The first-order valence-corrected chi connectivity index (χ1v) is 4.86. The van der Waals surface area contributed by atoms with Crippen LogP contribution in [0.5, 0.6) is 5.75 Å². The molecule has 3 rings (SSSR count). The summed E-state index contributed by atoms with van der Waals surface area (Å²) in [5.74, 6) is 0.448. The molecule has 0 aromatic heterocycles. The smallest absolute Gasteiger partial charge is 0.296 e. The van der Waals surface area contributed by atoms with E-state index in [0.29, 0.717) is 5.71 Å². The third-order valence-electron chi connectivity index (χ3n) is 2.62. The first-order chi connectivity index (χ1) is 7.79. The maximum Gasteiger partial charge on any atom is 0.296 e. The number of nitrogens with zero attached hydrogens (tertiary/aromatic N) is 2. The van der Waals surface area contributed by atoms with Crippen molar-refractivity contribution in [2.75, 3.05) is 7.11 Å². The molecule has 2 heterocycles. The summed E-state index contributed by atoms with van der Waals surface area (Å²) in [6.07, 6.45) is 3.31. The van der Waals surface area contributed by atoms with Crippen molar-refractivity contribution in [2.45, 2.75) is 0 Å². The third-order valence-corrected chi connectivity index (χ3v) is 2.62. The Kier molecular flexibility index (Phi) is 1.77. The van der Waals surface area contributed by atoms with Crippen molar-refractivity contribution in [2.24, 2.45) is 9.98 Å². The first-order valence-electron chi connectivity index (χ1n) is 4.86. The Labute approximate surface area is 92.0 Å². The molecule has 2 aliphatic heterocycles. The summed E-state index contributed by atoms with van der Waals surface area (Å²) in [7, 11) is 1.60. The summed E-state index contributed by atoms with van der Waals surface area (Å²) in [6.45, 7) is 0. The van der Waals surface area contributed by atoms with Gasteiger partial charge in [-0.15, -0.1) is 0 Å². The van der Waals surface area contributed by atoms with Gasteiger partial charge >= 0.3 is 0 Å². The van der Waals surface area contributed by atoms with Gasteiger partial charge in [-0.2, -0.15) is 0 Å². The van der Waals surface area contributed by atoms with E-state index in [9.17, 15) is 4.79 Å². The molecule has 1 aromatic carbocycles. The van der Waals surface area contributed by atoms with Gasteiger partial charge in [-0.3, -0.25) is 4.79 Å². The van der Waals surface area contributed by atoms with Crippen molar-refractivity contribution in [1.82, 2.24) is 0 Å². The Balaban J connectivity index is 2.19. The summed E-state index contributed by atoms with van der Waals surface area (Å²) in [5, 5.41) is 0. The molecule has 0 radical (unpaired) electrons. The SMILES string of the molecule is COc1ccc2c(c1)N=C1C(=O)N=CC=C12. The van der Waals surface area contributed by atoms with Gasteiger partial charge in [-0.1, -0.05) is 0 Å². The van der Waals surface area contributed by atoms with E-state index in [-0.39, 0.29) is 5.91 Å². The fraction of sp³-hybridized carbons (Fsp3) is 0.0833. The van der Waals surface area contributed by atoms with E-state index in [1.165, 1.54) is 6.21 Å². The summed E-state index contributed by atoms with van der Waals surface area (Å²) < 4.78 is 5.11. The second kappa shape index (κ2) is 3.13. The number of aliphatic imine (C=N–C) groups is 2. The topological polar surface area (TPSA) is 51.0 Å². The number of rotatable bonds is 1. The molecule has 0 bridgehead atoms. The van der Waals surface area contributed by atoms with Crippen molar-refractivity contribution in [3.05, 3.63) is 29.8 Å². The van der Waals surface area contributed by atoms with Gasteiger partial charge in [0, 0.05) is 23.4 Å². The molecule has 0 spiro atoms. The Morgan fingerprint density at radius 2 is 2.19 bits per heavy atom.